The lowest BCUT2D eigenvalue weighted by atomic mass is 9.96. The molecule has 0 spiro atoms. The van der Waals surface area contributed by atoms with Crippen molar-refractivity contribution in [3.63, 3.8) is 0 Å². The number of urea groups is 1. The summed E-state index contributed by atoms with van der Waals surface area (Å²) in [7, 11) is 0. The Morgan fingerprint density at radius 2 is 1.89 bits per heavy atom. The molecule has 3 heterocycles. The van der Waals surface area contributed by atoms with Gasteiger partial charge in [0.15, 0.2) is 0 Å². The monoisotopic (exact) mass is 498 g/mol. The molecule has 0 atom stereocenters. The summed E-state index contributed by atoms with van der Waals surface area (Å²) in [6.45, 7) is 4.24. The van der Waals surface area contributed by atoms with Crippen molar-refractivity contribution in [1.82, 2.24) is 19.4 Å². The Labute approximate surface area is 198 Å². The van der Waals surface area contributed by atoms with Crippen LogP contribution in [-0.4, -0.2) is 76.0 Å². The van der Waals surface area contributed by atoms with Crippen LogP contribution in [0, 0.1) is 16.0 Å². The number of imidazole rings is 1. The molecule has 0 aliphatic carbocycles. The number of fused-ring (bicyclic) bond motifs is 1. The minimum absolute atomic E-state index is 0.232. The van der Waals surface area contributed by atoms with Crippen molar-refractivity contribution < 1.29 is 32.4 Å². The molecule has 2 amide bonds. The number of nitrogens with zero attached hydrogens (tertiary/aromatic N) is 5. The van der Waals surface area contributed by atoms with E-state index >= 15 is 0 Å². The molecule has 0 radical (unpaired) electrons. The zero-order valence-corrected chi connectivity index (χ0v) is 18.7. The first kappa shape index (κ1) is 24.6. The fourth-order valence-corrected chi connectivity index (χ4v) is 4.18. The van der Waals surface area contributed by atoms with E-state index < -0.39 is 11.3 Å². The summed E-state index contributed by atoms with van der Waals surface area (Å²) in [5, 5.41) is 13.6. The number of hydrogen-bond acceptors (Lipinski definition) is 7. The minimum atomic E-state index is -4.77. The predicted octanol–water partition coefficient (Wildman–Crippen LogP) is 3.33. The third kappa shape index (κ3) is 6.74. The molecule has 14 heteroatoms. The fraction of sp³-hybridized carbons (Fsp3) is 0.524. The maximum atomic E-state index is 12.5. The average molecular weight is 498 g/mol. The number of anilines is 1. The Morgan fingerprint density at radius 3 is 2.54 bits per heavy atom. The van der Waals surface area contributed by atoms with E-state index in [9.17, 15) is 28.1 Å². The molecule has 1 fully saturated rings. The van der Waals surface area contributed by atoms with Crippen molar-refractivity contribution >= 4 is 17.5 Å². The molecule has 190 valence electrons. The van der Waals surface area contributed by atoms with Gasteiger partial charge in [-0.25, -0.2) is 4.79 Å². The summed E-state index contributed by atoms with van der Waals surface area (Å²) in [5.74, 6) is -0.202. The quantitative estimate of drug-likeness (QED) is 0.497. The van der Waals surface area contributed by atoms with Crippen molar-refractivity contribution in [1.29, 1.82) is 0 Å². The molecule has 1 aromatic carbocycles. The number of rotatable bonds is 5. The summed E-state index contributed by atoms with van der Waals surface area (Å²) < 4.78 is 47.9. The summed E-state index contributed by atoms with van der Waals surface area (Å²) in [5.41, 5.74) is 0.381. The second-order valence-electron chi connectivity index (χ2n) is 8.41. The summed E-state index contributed by atoms with van der Waals surface area (Å²) >= 11 is 0. The fourth-order valence-electron chi connectivity index (χ4n) is 4.18. The third-order valence-electron chi connectivity index (χ3n) is 5.97. The number of benzene rings is 1. The summed E-state index contributed by atoms with van der Waals surface area (Å²) in [6, 6.07) is 4.97. The zero-order valence-electron chi connectivity index (χ0n) is 18.7. The van der Waals surface area contributed by atoms with Crippen molar-refractivity contribution in [3.05, 3.63) is 40.6 Å². The van der Waals surface area contributed by atoms with Crippen LogP contribution in [0.25, 0.3) is 0 Å². The van der Waals surface area contributed by atoms with E-state index in [1.165, 1.54) is 18.3 Å². The predicted molar refractivity (Wildman–Crippen MR) is 117 cm³/mol. The van der Waals surface area contributed by atoms with Crippen LogP contribution in [0.1, 0.15) is 12.8 Å². The van der Waals surface area contributed by atoms with Gasteiger partial charge in [0, 0.05) is 49.9 Å². The highest BCUT2D eigenvalue weighted by Crippen LogP contribution is 2.25. The van der Waals surface area contributed by atoms with Gasteiger partial charge in [-0.05, 0) is 47.9 Å². The minimum Gasteiger partial charge on any atom is -0.444 e. The number of halogens is 3. The second kappa shape index (κ2) is 10.4. The van der Waals surface area contributed by atoms with Gasteiger partial charge in [-0.15, -0.1) is 13.2 Å². The largest absolute Gasteiger partial charge is 0.573 e. The van der Waals surface area contributed by atoms with Gasteiger partial charge in [-0.3, -0.25) is 9.47 Å². The van der Waals surface area contributed by atoms with Gasteiger partial charge < -0.3 is 29.8 Å². The Hall–Kier alpha value is -3.55. The van der Waals surface area contributed by atoms with Gasteiger partial charge in [0.25, 0.3) is 0 Å². The molecular weight excluding hydrogens is 473 g/mol. The van der Waals surface area contributed by atoms with Gasteiger partial charge in [-0.1, -0.05) is 0 Å². The molecule has 0 bridgehead atoms. The zero-order chi connectivity index (χ0) is 25.0. The highest BCUT2D eigenvalue weighted by molar-refractivity contribution is 5.89. The van der Waals surface area contributed by atoms with E-state index in [0.717, 1.165) is 31.5 Å². The summed E-state index contributed by atoms with van der Waals surface area (Å²) in [4.78, 5) is 30.8. The Bertz CT molecular complexity index is 1040. The number of nitrogens with one attached hydrogen (secondary N) is 1. The van der Waals surface area contributed by atoms with Crippen LogP contribution < -0.4 is 14.8 Å². The molecule has 1 saturated heterocycles. The maximum Gasteiger partial charge on any atom is 0.573 e. The number of aromatic nitrogens is 2. The molecule has 35 heavy (non-hydrogen) atoms. The Morgan fingerprint density at radius 1 is 1.17 bits per heavy atom. The molecule has 2 aromatic rings. The van der Waals surface area contributed by atoms with E-state index in [4.69, 9.17) is 4.74 Å². The van der Waals surface area contributed by atoms with E-state index in [2.05, 4.69) is 19.9 Å². The topological polar surface area (TPSA) is 115 Å². The number of piperidine rings is 1. The van der Waals surface area contributed by atoms with E-state index in [-0.39, 0.29) is 23.6 Å². The van der Waals surface area contributed by atoms with E-state index in [1.807, 2.05) is 0 Å². The standard InChI is InChI=1S/C21H25F3N6O5/c22-21(23,24)35-17-3-1-16(2-4-17)25-19(31)28-7-5-15(6-8-28)13-27-9-10-29-14-18(30(32)33)26-20(29)34-12-11-27/h1-4,14-15H,5-13H2,(H,25,31). The van der Waals surface area contributed by atoms with Gasteiger partial charge >= 0.3 is 24.2 Å². The highest BCUT2D eigenvalue weighted by Gasteiger charge is 2.31. The van der Waals surface area contributed by atoms with Crippen LogP contribution in [-0.2, 0) is 6.54 Å². The van der Waals surface area contributed by atoms with Crippen molar-refractivity contribution in [2.24, 2.45) is 5.92 Å². The van der Waals surface area contributed by atoms with Gasteiger partial charge in [0.1, 0.15) is 18.6 Å². The maximum absolute atomic E-state index is 12.5. The molecule has 0 saturated carbocycles. The van der Waals surface area contributed by atoms with Crippen LogP contribution in [0.3, 0.4) is 0 Å². The number of ether oxygens (including phenoxy) is 2. The van der Waals surface area contributed by atoms with Crippen molar-refractivity contribution in [2.75, 3.05) is 44.6 Å². The second-order valence-corrected chi connectivity index (χ2v) is 8.41. The number of amides is 2. The summed E-state index contributed by atoms with van der Waals surface area (Å²) in [6.07, 6.45) is -1.76. The molecular formula is C21H25F3N6O5. The van der Waals surface area contributed by atoms with Crippen LogP contribution in [0.5, 0.6) is 11.8 Å². The normalized spacial score (nSPS) is 17.6. The third-order valence-corrected chi connectivity index (χ3v) is 5.97. The van der Waals surface area contributed by atoms with Crippen LogP contribution in [0.4, 0.5) is 29.5 Å². The number of alkyl halides is 3. The SMILES string of the molecule is O=C(Nc1ccc(OC(F)(F)F)cc1)N1CCC(CN2CCOc3nc([N+](=O)[O-])cn3CC2)CC1. The number of nitro groups is 1. The smallest absolute Gasteiger partial charge is 0.444 e. The molecule has 4 rings (SSSR count). The molecule has 2 aliphatic rings. The van der Waals surface area contributed by atoms with Crippen LogP contribution >= 0.6 is 0 Å². The first-order valence-electron chi connectivity index (χ1n) is 11.1. The number of likely N-dealkylation sites (tertiary alicyclic amines) is 1. The van der Waals surface area contributed by atoms with Gasteiger partial charge in [0.2, 0.25) is 0 Å². The van der Waals surface area contributed by atoms with E-state index in [1.54, 1.807) is 9.47 Å². The Kier molecular flexibility index (Phi) is 7.28. The highest BCUT2D eigenvalue weighted by atomic mass is 19.4. The molecule has 2 aliphatic heterocycles. The number of carbonyl (C=O) groups excluding carboxylic acids is 1. The van der Waals surface area contributed by atoms with Crippen LogP contribution in [0.2, 0.25) is 0 Å². The van der Waals surface area contributed by atoms with E-state index in [0.29, 0.717) is 50.9 Å². The lowest BCUT2D eigenvalue weighted by Gasteiger charge is -2.35. The van der Waals surface area contributed by atoms with Crippen LogP contribution in [0.15, 0.2) is 30.5 Å². The first-order valence-corrected chi connectivity index (χ1v) is 11.1. The molecule has 0 unspecified atom stereocenters. The number of hydrogen-bond donors (Lipinski definition) is 1. The first-order chi connectivity index (χ1) is 16.7. The van der Waals surface area contributed by atoms with Gasteiger partial charge in [0.05, 0.1) is 0 Å². The van der Waals surface area contributed by atoms with Crippen molar-refractivity contribution in [2.45, 2.75) is 25.7 Å². The lowest BCUT2D eigenvalue weighted by Crippen LogP contribution is -2.44. The lowest BCUT2D eigenvalue weighted by molar-refractivity contribution is -0.389. The molecule has 11 nitrogen and oxygen atoms in total. The Balaban J connectivity index is 1.22. The molecule has 1 aromatic heterocycles. The number of carbonyl (C=O) groups is 1. The van der Waals surface area contributed by atoms with Gasteiger partial charge in [-0.2, -0.15) is 0 Å². The average Bonchev–Trinajstić information content (AvgIpc) is 3.19. The molecule has 1 N–H and O–H groups in total. The van der Waals surface area contributed by atoms with Crippen molar-refractivity contribution in [3.8, 4) is 11.8 Å².